The van der Waals surface area contributed by atoms with Crippen LogP contribution in [0, 0.1) is 0 Å². The predicted molar refractivity (Wildman–Crippen MR) is 88.7 cm³/mol. The quantitative estimate of drug-likeness (QED) is 0.872. The first-order chi connectivity index (χ1) is 10.1. The van der Waals surface area contributed by atoms with Gasteiger partial charge in [-0.05, 0) is 52.3 Å². The van der Waals surface area contributed by atoms with Gasteiger partial charge < -0.3 is 10.1 Å². The summed E-state index contributed by atoms with van der Waals surface area (Å²) < 4.78 is 5.86. The van der Waals surface area contributed by atoms with E-state index in [1.54, 1.807) is 0 Å². The molecule has 2 rings (SSSR count). The maximum atomic E-state index is 5.86. The van der Waals surface area contributed by atoms with Crippen molar-refractivity contribution in [3.05, 3.63) is 35.9 Å². The van der Waals surface area contributed by atoms with Crippen LogP contribution in [0.25, 0.3) is 0 Å². The Kier molecular flexibility index (Phi) is 6.22. The van der Waals surface area contributed by atoms with Crippen molar-refractivity contribution in [2.24, 2.45) is 0 Å². The smallest absolute Gasteiger partial charge is 0.0752 e. The highest BCUT2D eigenvalue weighted by Gasteiger charge is 2.25. The van der Waals surface area contributed by atoms with Crippen LogP contribution in [0.1, 0.15) is 32.8 Å². The summed E-state index contributed by atoms with van der Waals surface area (Å²) in [6.45, 7) is 11.6. The van der Waals surface area contributed by atoms with Crippen LogP contribution in [0.2, 0.25) is 0 Å². The second-order valence-corrected chi connectivity index (χ2v) is 6.62. The number of ether oxygens (including phenoxy) is 1. The number of hydrogen-bond donors (Lipinski definition) is 1. The maximum Gasteiger partial charge on any atom is 0.0752 e. The zero-order chi connectivity index (χ0) is 15.1. The Morgan fingerprint density at radius 3 is 2.76 bits per heavy atom. The molecule has 1 heterocycles. The third kappa shape index (κ3) is 5.77. The monoisotopic (exact) mass is 290 g/mol. The van der Waals surface area contributed by atoms with Crippen molar-refractivity contribution in [2.75, 3.05) is 32.8 Å². The molecule has 1 aromatic carbocycles. The van der Waals surface area contributed by atoms with E-state index in [1.807, 2.05) is 0 Å². The van der Waals surface area contributed by atoms with E-state index in [0.717, 1.165) is 39.2 Å². The summed E-state index contributed by atoms with van der Waals surface area (Å²) in [5.74, 6) is 0. The molecule has 118 valence electrons. The predicted octanol–water partition coefficient (Wildman–Crippen LogP) is 2.71. The summed E-state index contributed by atoms with van der Waals surface area (Å²) in [6.07, 6.45) is 2.32. The Bertz CT molecular complexity index is 405. The van der Waals surface area contributed by atoms with Crippen LogP contribution in [-0.4, -0.2) is 49.3 Å². The normalized spacial score (nSPS) is 21.2. The number of rotatable bonds is 6. The summed E-state index contributed by atoms with van der Waals surface area (Å²) in [7, 11) is 0. The minimum Gasteiger partial charge on any atom is -0.375 e. The number of nitrogens with one attached hydrogen (secondary N) is 1. The molecule has 1 atom stereocenters. The van der Waals surface area contributed by atoms with Crippen LogP contribution >= 0.6 is 0 Å². The minimum atomic E-state index is -0.0591. The lowest BCUT2D eigenvalue weighted by Crippen LogP contribution is -2.45. The molecule has 1 aromatic rings. The Labute approximate surface area is 129 Å². The maximum absolute atomic E-state index is 5.86. The van der Waals surface area contributed by atoms with Gasteiger partial charge >= 0.3 is 0 Å². The van der Waals surface area contributed by atoms with Crippen molar-refractivity contribution in [2.45, 2.75) is 45.3 Å². The second kappa shape index (κ2) is 7.92. The van der Waals surface area contributed by atoms with E-state index in [0.29, 0.717) is 6.04 Å². The minimum absolute atomic E-state index is 0.0591. The first-order valence-electron chi connectivity index (χ1n) is 8.23. The van der Waals surface area contributed by atoms with Crippen molar-refractivity contribution in [1.29, 1.82) is 0 Å². The van der Waals surface area contributed by atoms with E-state index in [1.165, 1.54) is 12.0 Å². The van der Waals surface area contributed by atoms with Crippen molar-refractivity contribution >= 4 is 0 Å². The first kappa shape index (κ1) is 16.5. The molecule has 0 radical (unpaired) electrons. The van der Waals surface area contributed by atoms with Crippen molar-refractivity contribution in [1.82, 2.24) is 10.2 Å². The fourth-order valence-electron chi connectivity index (χ4n) is 3.23. The van der Waals surface area contributed by atoms with Crippen molar-refractivity contribution < 1.29 is 4.74 Å². The molecular formula is C18H30N2O. The Morgan fingerprint density at radius 2 is 2.05 bits per heavy atom. The van der Waals surface area contributed by atoms with Crippen LogP contribution in [0.5, 0.6) is 0 Å². The molecular weight excluding hydrogens is 260 g/mol. The van der Waals surface area contributed by atoms with Gasteiger partial charge in [0, 0.05) is 25.7 Å². The van der Waals surface area contributed by atoms with Gasteiger partial charge in [-0.1, -0.05) is 30.3 Å². The summed E-state index contributed by atoms with van der Waals surface area (Å²) in [5.41, 5.74) is 1.36. The fraction of sp³-hybridized carbons (Fsp3) is 0.667. The molecule has 1 N–H and O–H groups in total. The highest BCUT2D eigenvalue weighted by Crippen LogP contribution is 2.14. The first-order valence-corrected chi connectivity index (χ1v) is 8.23. The Morgan fingerprint density at radius 1 is 1.29 bits per heavy atom. The van der Waals surface area contributed by atoms with Crippen molar-refractivity contribution in [3.63, 3.8) is 0 Å². The average molecular weight is 290 g/mol. The summed E-state index contributed by atoms with van der Waals surface area (Å²) in [6, 6.07) is 11.3. The van der Waals surface area contributed by atoms with Gasteiger partial charge in [0.25, 0.3) is 0 Å². The van der Waals surface area contributed by atoms with E-state index in [4.69, 9.17) is 4.74 Å². The molecule has 1 aliphatic rings. The Balaban J connectivity index is 1.92. The average Bonchev–Trinajstić information content (AvgIpc) is 2.64. The molecule has 3 heteroatoms. The van der Waals surface area contributed by atoms with Gasteiger partial charge in [-0.2, -0.15) is 0 Å². The third-order valence-corrected chi connectivity index (χ3v) is 4.03. The lowest BCUT2D eigenvalue weighted by atomic mass is 10.0. The molecule has 1 unspecified atom stereocenters. The van der Waals surface area contributed by atoms with Crippen LogP contribution in [0.15, 0.2) is 30.3 Å². The highest BCUT2D eigenvalue weighted by atomic mass is 16.5. The van der Waals surface area contributed by atoms with Crippen LogP contribution < -0.4 is 5.32 Å². The van der Waals surface area contributed by atoms with E-state index < -0.39 is 0 Å². The highest BCUT2D eigenvalue weighted by molar-refractivity contribution is 5.16. The lowest BCUT2D eigenvalue weighted by Gasteiger charge is -2.33. The van der Waals surface area contributed by atoms with Gasteiger partial charge in [0.2, 0.25) is 0 Å². The van der Waals surface area contributed by atoms with E-state index >= 15 is 0 Å². The van der Waals surface area contributed by atoms with Crippen LogP contribution in [-0.2, 0) is 11.2 Å². The van der Waals surface area contributed by atoms with Crippen LogP contribution in [0.3, 0.4) is 0 Å². The molecule has 3 nitrogen and oxygen atoms in total. The van der Waals surface area contributed by atoms with Gasteiger partial charge in [0.15, 0.2) is 0 Å². The van der Waals surface area contributed by atoms with Crippen LogP contribution in [0.4, 0.5) is 0 Å². The molecule has 1 aliphatic heterocycles. The number of benzene rings is 1. The molecule has 21 heavy (non-hydrogen) atoms. The summed E-state index contributed by atoms with van der Waals surface area (Å²) in [5, 5.41) is 3.70. The number of nitrogens with zero attached hydrogens (tertiary/aromatic N) is 1. The summed E-state index contributed by atoms with van der Waals surface area (Å²) in [4.78, 5) is 2.56. The molecule has 0 spiro atoms. The molecule has 0 aliphatic carbocycles. The lowest BCUT2D eigenvalue weighted by molar-refractivity contribution is -0.0342. The molecule has 1 saturated heterocycles. The summed E-state index contributed by atoms with van der Waals surface area (Å²) >= 11 is 0. The van der Waals surface area contributed by atoms with Crippen molar-refractivity contribution in [3.8, 4) is 0 Å². The standard InChI is InChI=1S/C18H30N2O/c1-4-21-18(2,3)15-20-12-8-11-19-17(14-20)13-16-9-6-5-7-10-16/h5-7,9-10,17,19H,4,8,11-15H2,1-3H3. The van der Waals surface area contributed by atoms with Gasteiger partial charge in [0.05, 0.1) is 5.60 Å². The molecule has 0 amide bonds. The largest absolute Gasteiger partial charge is 0.375 e. The zero-order valence-corrected chi connectivity index (χ0v) is 13.8. The zero-order valence-electron chi connectivity index (χ0n) is 13.8. The van der Waals surface area contributed by atoms with E-state index in [2.05, 4.69) is 61.3 Å². The second-order valence-electron chi connectivity index (χ2n) is 6.62. The Hall–Kier alpha value is -0.900. The van der Waals surface area contributed by atoms with Gasteiger partial charge in [-0.25, -0.2) is 0 Å². The van der Waals surface area contributed by atoms with Gasteiger partial charge in [-0.3, -0.25) is 4.90 Å². The van der Waals surface area contributed by atoms with E-state index in [9.17, 15) is 0 Å². The fourth-order valence-corrected chi connectivity index (χ4v) is 3.23. The third-order valence-electron chi connectivity index (χ3n) is 4.03. The SMILES string of the molecule is CCOC(C)(C)CN1CCCNC(Cc2ccccc2)C1. The van der Waals surface area contributed by atoms with Gasteiger partial charge in [-0.15, -0.1) is 0 Å². The van der Waals surface area contributed by atoms with Gasteiger partial charge in [0.1, 0.15) is 0 Å². The molecule has 0 aromatic heterocycles. The molecule has 0 saturated carbocycles. The van der Waals surface area contributed by atoms with E-state index in [-0.39, 0.29) is 5.60 Å². The molecule has 0 bridgehead atoms. The molecule has 1 fully saturated rings. The number of hydrogen-bond acceptors (Lipinski definition) is 3. The topological polar surface area (TPSA) is 24.5 Å².